The summed E-state index contributed by atoms with van der Waals surface area (Å²) in [5.74, 6) is 0.123. The van der Waals surface area contributed by atoms with E-state index in [-0.39, 0.29) is 17.5 Å². The van der Waals surface area contributed by atoms with Crippen LogP contribution in [-0.2, 0) is 4.79 Å². The molecule has 0 unspecified atom stereocenters. The van der Waals surface area contributed by atoms with E-state index in [0.717, 1.165) is 31.5 Å². The molecule has 0 bridgehead atoms. The first kappa shape index (κ1) is 17.3. The molecule has 0 radical (unpaired) electrons. The quantitative estimate of drug-likeness (QED) is 0.883. The lowest BCUT2D eigenvalue weighted by molar-refractivity contribution is -0.123. The molecule has 1 N–H and O–H groups in total. The molecule has 1 atom stereocenters. The minimum Gasteiger partial charge on any atom is -0.335 e. The Morgan fingerprint density at radius 1 is 1.15 bits per heavy atom. The SMILES string of the molecule is CN1CC(=O)N(c2ccccc2)C[C@]12CCN(C(=O)NC1CCCC1)C2. The number of likely N-dealkylation sites (N-methyl/N-ethyl adjacent to an activating group) is 1. The molecule has 2 saturated heterocycles. The summed E-state index contributed by atoms with van der Waals surface area (Å²) in [6.07, 6.45) is 5.53. The monoisotopic (exact) mass is 356 g/mol. The van der Waals surface area contributed by atoms with Gasteiger partial charge in [-0.25, -0.2) is 4.79 Å². The number of amides is 3. The molecule has 1 saturated carbocycles. The highest BCUT2D eigenvalue weighted by molar-refractivity contribution is 5.96. The number of para-hydroxylation sites is 1. The number of hydrogen-bond donors (Lipinski definition) is 1. The number of carbonyl (C=O) groups excluding carboxylic acids is 2. The topological polar surface area (TPSA) is 55.9 Å². The van der Waals surface area contributed by atoms with Gasteiger partial charge in [0.25, 0.3) is 0 Å². The first-order chi connectivity index (χ1) is 12.6. The third kappa shape index (κ3) is 3.18. The number of likely N-dealkylation sites (tertiary alicyclic amines) is 1. The Kier molecular flexibility index (Phi) is 4.61. The molecule has 6 heteroatoms. The van der Waals surface area contributed by atoms with Crippen LogP contribution in [0.5, 0.6) is 0 Å². The third-order valence-electron chi connectivity index (χ3n) is 6.31. The number of anilines is 1. The molecule has 3 amide bonds. The number of benzene rings is 1. The normalized spacial score (nSPS) is 27.5. The molecule has 1 aliphatic carbocycles. The van der Waals surface area contributed by atoms with Crippen LogP contribution in [0.2, 0.25) is 0 Å². The van der Waals surface area contributed by atoms with Crippen LogP contribution in [0.1, 0.15) is 32.1 Å². The zero-order valence-corrected chi connectivity index (χ0v) is 15.5. The molecule has 1 aromatic rings. The lowest BCUT2D eigenvalue weighted by atomic mass is 9.92. The number of piperazine rings is 1. The van der Waals surface area contributed by atoms with Gasteiger partial charge in [0, 0.05) is 31.4 Å². The van der Waals surface area contributed by atoms with E-state index in [9.17, 15) is 9.59 Å². The summed E-state index contributed by atoms with van der Waals surface area (Å²) in [6.45, 7) is 2.46. The van der Waals surface area contributed by atoms with E-state index < -0.39 is 0 Å². The van der Waals surface area contributed by atoms with E-state index in [1.165, 1.54) is 12.8 Å². The Morgan fingerprint density at radius 2 is 1.88 bits per heavy atom. The van der Waals surface area contributed by atoms with E-state index >= 15 is 0 Å². The van der Waals surface area contributed by atoms with Crippen LogP contribution in [0.3, 0.4) is 0 Å². The maximum Gasteiger partial charge on any atom is 0.317 e. The van der Waals surface area contributed by atoms with Crippen molar-refractivity contribution in [3.63, 3.8) is 0 Å². The van der Waals surface area contributed by atoms with Gasteiger partial charge in [0.05, 0.1) is 12.1 Å². The molecule has 3 fully saturated rings. The summed E-state index contributed by atoms with van der Waals surface area (Å²) in [4.78, 5) is 31.2. The van der Waals surface area contributed by atoms with Crippen LogP contribution in [0.25, 0.3) is 0 Å². The Balaban J connectivity index is 1.46. The summed E-state index contributed by atoms with van der Waals surface area (Å²) in [5.41, 5.74) is 0.787. The second-order valence-corrected chi connectivity index (χ2v) is 8.00. The molecule has 0 aromatic heterocycles. The standard InChI is InChI=1S/C20H28N4O2/c1-22-13-18(25)24(17-9-3-2-4-10-17)15-20(22)11-12-23(14-20)19(26)21-16-7-5-6-8-16/h2-4,9-10,16H,5-8,11-15H2,1H3,(H,21,26)/t20-/m1/s1. The van der Waals surface area contributed by atoms with Gasteiger partial charge in [-0.1, -0.05) is 31.0 Å². The number of rotatable bonds is 2. The smallest absolute Gasteiger partial charge is 0.317 e. The summed E-state index contributed by atoms with van der Waals surface area (Å²) >= 11 is 0. The fraction of sp³-hybridized carbons (Fsp3) is 0.600. The Bertz CT molecular complexity index is 674. The molecular formula is C20H28N4O2. The van der Waals surface area contributed by atoms with Gasteiger partial charge in [0.2, 0.25) is 5.91 Å². The average molecular weight is 356 g/mol. The largest absolute Gasteiger partial charge is 0.335 e. The summed E-state index contributed by atoms with van der Waals surface area (Å²) in [6, 6.07) is 10.3. The summed E-state index contributed by atoms with van der Waals surface area (Å²) in [5, 5.41) is 3.20. The van der Waals surface area contributed by atoms with Gasteiger partial charge in [-0.2, -0.15) is 0 Å². The predicted octanol–water partition coefficient (Wildman–Crippen LogP) is 2.06. The van der Waals surface area contributed by atoms with Crippen molar-refractivity contribution in [3.05, 3.63) is 30.3 Å². The van der Waals surface area contributed by atoms with E-state index in [4.69, 9.17) is 0 Å². The van der Waals surface area contributed by atoms with Gasteiger partial charge in [-0.15, -0.1) is 0 Å². The van der Waals surface area contributed by atoms with Crippen molar-refractivity contribution in [1.82, 2.24) is 15.1 Å². The number of urea groups is 1. The lowest BCUT2D eigenvalue weighted by Crippen LogP contribution is -2.64. The molecule has 2 heterocycles. The van der Waals surface area contributed by atoms with Gasteiger partial charge in [0.1, 0.15) is 0 Å². The van der Waals surface area contributed by atoms with E-state index in [0.29, 0.717) is 25.7 Å². The lowest BCUT2D eigenvalue weighted by Gasteiger charge is -2.46. The van der Waals surface area contributed by atoms with Crippen molar-refractivity contribution >= 4 is 17.6 Å². The highest BCUT2D eigenvalue weighted by atomic mass is 16.2. The third-order valence-corrected chi connectivity index (χ3v) is 6.31. The van der Waals surface area contributed by atoms with Gasteiger partial charge in [0.15, 0.2) is 0 Å². The Labute approximate surface area is 155 Å². The van der Waals surface area contributed by atoms with Crippen LogP contribution >= 0.6 is 0 Å². The zero-order valence-electron chi connectivity index (χ0n) is 15.5. The molecule has 26 heavy (non-hydrogen) atoms. The molecule has 4 rings (SSSR count). The van der Waals surface area contributed by atoms with Crippen molar-refractivity contribution < 1.29 is 9.59 Å². The number of nitrogens with one attached hydrogen (secondary N) is 1. The van der Waals surface area contributed by atoms with E-state index in [1.54, 1.807) is 0 Å². The molecule has 6 nitrogen and oxygen atoms in total. The second kappa shape index (κ2) is 6.91. The number of nitrogens with zero attached hydrogens (tertiary/aromatic N) is 3. The minimum absolute atomic E-state index is 0.0605. The summed E-state index contributed by atoms with van der Waals surface area (Å²) < 4.78 is 0. The number of hydrogen-bond acceptors (Lipinski definition) is 3. The average Bonchev–Trinajstić information content (AvgIpc) is 3.30. The van der Waals surface area contributed by atoms with E-state index in [2.05, 4.69) is 10.2 Å². The van der Waals surface area contributed by atoms with Gasteiger partial charge in [-0.05, 0) is 38.4 Å². The van der Waals surface area contributed by atoms with Crippen molar-refractivity contribution in [2.45, 2.75) is 43.7 Å². The van der Waals surface area contributed by atoms with Crippen molar-refractivity contribution in [2.24, 2.45) is 0 Å². The first-order valence-corrected chi connectivity index (χ1v) is 9.69. The first-order valence-electron chi connectivity index (χ1n) is 9.69. The molecule has 3 aliphatic rings. The molecule has 2 aliphatic heterocycles. The highest BCUT2D eigenvalue weighted by Gasteiger charge is 2.48. The fourth-order valence-electron chi connectivity index (χ4n) is 4.61. The van der Waals surface area contributed by atoms with Gasteiger partial charge in [-0.3, -0.25) is 9.69 Å². The maximum absolute atomic E-state index is 12.7. The molecule has 1 aromatic carbocycles. The zero-order chi connectivity index (χ0) is 18.1. The van der Waals surface area contributed by atoms with Crippen LogP contribution in [0.4, 0.5) is 10.5 Å². The van der Waals surface area contributed by atoms with Crippen LogP contribution in [0, 0.1) is 0 Å². The van der Waals surface area contributed by atoms with Crippen molar-refractivity contribution in [3.8, 4) is 0 Å². The van der Waals surface area contributed by atoms with Gasteiger partial charge < -0.3 is 15.1 Å². The Morgan fingerprint density at radius 3 is 2.62 bits per heavy atom. The molecule has 140 valence electrons. The van der Waals surface area contributed by atoms with Crippen LogP contribution in [0.15, 0.2) is 30.3 Å². The van der Waals surface area contributed by atoms with Crippen molar-refractivity contribution in [1.29, 1.82) is 0 Å². The summed E-state index contributed by atoms with van der Waals surface area (Å²) in [7, 11) is 2.01. The molecule has 1 spiro atoms. The molecular weight excluding hydrogens is 328 g/mol. The predicted molar refractivity (Wildman–Crippen MR) is 101 cm³/mol. The Hall–Kier alpha value is -2.08. The van der Waals surface area contributed by atoms with Crippen LogP contribution in [-0.4, -0.2) is 66.5 Å². The van der Waals surface area contributed by atoms with E-state index in [1.807, 2.05) is 47.2 Å². The maximum atomic E-state index is 12.7. The highest BCUT2D eigenvalue weighted by Crippen LogP contribution is 2.33. The van der Waals surface area contributed by atoms with Gasteiger partial charge >= 0.3 is 6.03 Å². The number of carbonyl (C=O) groups is 2. The van der Waals surface area contributed by atoms with Crippen LogP contribution < -0.4 is 10.2 Å². The minimum atomic E-state index is -0.156. The van der Waals surface area contributed by atoms with Crippen molar-refractivity contribution in [2.75, 3.05) is 38.1 Å². The fourth-order valence-corrected chi connectivity index (χ4v) is 4.61. The second-order valence-electron chi connectivity index (χ2n) is 8.00.